The number of hydrogen-bond donors (Lipinski definition) is 4. The lowest BCUT2D eigenvalue weighted by molar-refractivity contribution is 0.0935. The number of rotatable bonds is 2. The Kier molecular flexibility index (Phi) is 3.07. The number of carbonyl (C=O) groups is 1. The van der Waals surface area contributed by atoms with Crippen molar-refractivity contribution in [2.45, 2.75) is 6.04 Å². The van der Waals surface area contributed by atoms with Gasteiger partial charge in [-0.15, -0.1) is 0 Å². The summed E-state index contributed by atoms with van der Waals surface area (Å²) in [6.07, 6.45) is 0. The summed E-state index contributed by atoms with van der Waals surface area (Å²) in [4.78, 5) is 12.1. The highest BCUT2D eigenvalue weighted by Gasteiger charge is 2.23. The summed E-state index contributed by atoms with van der Waals surface area (Å²) in [7, 11) is 0. The Morgan fingerprint density at radius 2 is 2.12 bits per heavy atom. The monoisotopic (exact) mass is 220 g/mol. The molecule has 0 saturated carbocycles. The zero-order valence-corrected chi connectivity index (χ0v) is 8.99. The minimum Gasteiger partial charge on any atom is -0.397 e. The fourth-order valence-electron chi connectivity index (χ4n) is 1.82. The quantitative estimate of drug-likeness (QED) is 0.402. The third-order valence-corrected chi connectivity index (χ3v) is 2.76. The van der Waals surface area contributed by atoms with Crippen molar-refractivity contribution in [3.8, 4) is 0 Å². The third-order valence-electron chi connectivity index (χ3n) is 2.76. The zero-order valence-electron chi connectivity index (χ0n) is 8.99. The van der Waals surface area contributed by atoms with Gasteiger partial charge < -0.3 is 22.1 Å². The first-order valence-corrected chi connectivity index (χ1v) is 5.32. The van der Waals surface area contributed by atoms with Gasteiger partial charge in [0.25, 0.3) is 0 Å². The van der Waals surface area contributed by atoms with Crippen molar-refractivity contribution in [1.82, 2.24) is 10.6 Å². The van der Waals surface area contributed by atoms with Crippen LogP contribution in [-0.4, -0.2) is 31.5 Å². The number of ketones is 1. The summed E-state index contributed by atoms with van der Waals surface area (Å²) in [6.45, 7) is 2.31. The normalized spacial score (nSPS) is 20.6. The van der Waals surface area contributed by atoms with Crippen LogP contribution in [0.4, 0.5) is 11.4 Å². The van der Waals surface area contributed by atoms with Gasteiger partial charge in [-0.1, -0.05) is 6.07 Å². The molecule has 1 aromatic carbocycles. The molecule has 1 saturated heterocycles. The van der Waals surface area contributed by atoms with Gasteiger partial charge in [-0.25, -0.2) is 0 Å². The average molecular weight is 220 g/mol. The summed E-state index contributed by atoms with van der Waals surface area (Å²) >= 11 is 0. The van der Waals surface area contributed by atoms with Gasteiger partial charge in [0, 0.05) is 25.2 Å². The van der Waals surface area contributed by atoms with E-state index in [1.807, 2.05) is 0 Å². The van der Waals surface area contributed by atoms with Crippen LogP contribution in [-0.2, 0) is 0 Å². The molecule has 1 aromatic rings. The molecule has 1 unspecified atom stereocenters. The molecule has 5 heteroatoms. The molecule has 0 spiro atoms. The van der Waals surface area contributed by atoms with Crippen LogP contribution in [0.25, 0.3) is 0 Å². The third kappa shape index (κ3) is 2.00. The van der Waals surface area contributed by atoms with Crippen LogP contribution in [0, 0.1) is 0 Å². The molecule has 1 aliphatic heterocycles. The SMILES string of the molecule is Nc1cccc(C(=O)C2CNCCN2)c1N. The average Bonchev–Trinajstić information content (AvgIpc) is 2.33. The van der Waals surface area contributed by atoms with Crippen molar-refractivity contribution in [3.63, 3.8) is 0 Å². The van der Waals surface area contributed by atoms with Gasteiger partial charge in [0.15, 0.2) is 5.78 Å². The molecule has 0 bridgehead atoms. The molecule has 0 aromatic heterocycles. The van der Waals surface area contributed by atoms with Crippen LogP contribution >= 0.6 is 0 Å². The maximum absolute atomic E-state index is 12.1. The maximum Gasteiger partial charge on any atom is 0.183 e. The van der Waals surface area contributed by atoms with E-state index in [2.05, 4.69) is 10.6 Å². The Balaban J connectivity index is 2.22. The lowest BCUT2D eigenvalue weighted by Crippen LogP contribution is -2.52. The van der Waals surface area contributed by atoms with Crippen LogP contribution in [0.3, 0.4) is 0 Å². The van der Waals surface area contributed by atoms with Crippen molar-refractivity contribution in [2.24, 2.45) is 0 Å². The summed E-state index contributed by atoms with van der Waals surface area (Å²) in [5.74, 6) is -0.00278. The largest absolute Gasteiger partial charge is 0.397 e. The van der Waals surface area contributed by atoms with Gasteiger partial charge in [-0.05, 0) is 12.1 Å². The Bertz CT molecular complexity index is 399. The first kappa shape index (κ1) is 10.9. The van der Waals surface area contributed by atoms with E-state index >= 15 is 0 Å². The second-order valence-corrected chi connectivity index (χ2v) is 3.88. The van der Waals surface area contributed by atoms with Crippen molar-refractivity contribution in [1.29, 1.82) is 0 Å². The van der Waals surface area contributed by atoms with Crippen LogP contribution in [0.1, 0.15) is 10.4 Å². The molecule has 0 aliphatic carbocycles. The Morgan fingerprint density at radius 1 is 1.31 bits per heavy atom. The van der Waals surface area contributed by atoms with E-state index in [1.165, 1.54) is 0 Å². The van der Waals surface area contributed by atoms with Crippen molar-refractivity contribution >= 4 is 17.2 Å². The Labute approximate surface area is 94.2 Å². The van der Waals surface area contributed by atoms with Gasteiger partial charge in [0.1, 0.15) is 0 Å². The molecule has 0 amide bonds. The summed E-state index contributed by atoms with van der Waals surface area (Å²) in [5, 5.41) is 6.32. The van der Waals surface area contributed by atoms with Crippen molar-refractivity contribution in [2.75, 3.05) is 31.1 Å². The highest BCUT2D eigenvalue weighted by Crippen LogP contribution is 2.20. The Morgan fingerprint density at radius 3 is 2.81 bits per heavy atom. The van der Waals surface area contributed by atoms with E-state index in [0.717, 1.165) is 13.1 Å². The molecule has 1 atom stereocenters. The Hall–Kier alpha value is -1.59. The lowest BCUT2D eigenvalue weighted by atomic mass is 10.0. The lowest BCUT2D eigenvalue weighted by Gasteiger charge is -2.23. The first-order valence-electron chi connectivity index (χ1n) is 5.32. The number of para-hydroxylation sites is 1. The van der Waals surface area contributed by atoms with Gasteiger partial charge in [0.05, 0.1) is 17.4 Å². The first-order chi connectivity index (χ1) is 7.70. The standard InChI is InChI=1S/C11H16N4O/c12-8-3-1-2-7(10(8)13)11(16)9-6-14-4-5-15-9/h1-3,9,14-15H,4-6,12-13H2. The van der Waals surface area contributed by atoms with E-state index in [0.29, 0.717) is 23.5 Å². The fraction of sp³-hybridized carbons (Fsp3) is 0.364. The van der Waals surface area contributed by atoms with Gasteiger partial charge in [-0.2, -0.15) is 0 Å². The number of nitrogens with one attached hydrogen (secondary N) is 2. The molecular formula is C11H16N4O. The number of Topliss-reactive ketones (excluding diaryl/α,β-unsaturated/α-hetero) is 1. The van der Waals surface area contributed by atoms with E-state index in [-0.39, 0.29) is 11.8 Å². The van der Waals surface area contributed by atoms with Crippen LogP contribution in [0.5, 0.6) is 0 Å². The van der Waals surface area contributed by atoms with Crippen molar-refractivity contribution in [3.05, 3.63) is 23.8 Å². The van der Waals surface area contributed by atoms with Gasteiger partial charge in [0.2, 0.25) is 0 Å². The van der Waals surface area contributed by atoms with Crippen LogP contribution < -0.4 is 22.1 Å². The molecule has 16 heavy (non-hydrogen) atoms. The molecule has 1 fully saturated rings. The van der Waals surface area contributed by atoms with Crippen molar-refractivity contribution < 1.29 is 4.79 Å². The molecular weight excluding hydrogens is 204 g/mol. The maximum atomic E-state index is 12.1. The molecule has 5 nitrogen and oxygen atoms in total. The summed E-state index contributed by atoms with van der Waals surface area (Å²) < 4.78 is 0. The number of nitrogens with two attached hydrogens (primary N) is 2. The van der Waals surface area contributed by atoms with E-state index < -0.39 is 0 Å². The van der Waals surface area contributed by atoms with E-state index in [4.69, 9.17) is 11.5 Å². The summed E-state index contributed by atoms with van der Waals surface area (Å²) in [6, 6.07) is 4.94. The second-order valence-electron chi connectivity index (χ2n) is 3.88. The summed E-state index contributed by atoms with van der Waals surface area (Å²) in [5.41, 5.74) is 12.8. The second kappa shape index (κ2) is 4.51. The molecule has 2 rings (SSSR count). The highest BCUT2D eigenvalue weighted by molar-refractivity contribution is 6.06. The van der Waals surface area contributed by atoms with E-state index in [1.54, 1.807) is 18.2 Å². The molecule has 86 valence electrons. The predicted octanol–water partition coefficient (Wildman–Crippen LogP) is -0.405. The number of carbonyl (C=O) groups excluding carboxylic acids is 1. The molecule has 6 N–H and O–H groups in total. The van der Waals surface area contributed by atoms with Crippen LogP contribution in [0.15, 0.2) is 18.2 Å². The highest BCUT2D eigenvalue weighted by atomic mass is 16.1. The zero-order chi connectivity index (χ0) is 11.5. The minimum atomic E-state index is -0.210. The van der Waals surface area contributed by atoms with E-state index in [9.17, 15) is 4.79 Å². The molecule has 1 aliphatic rings. The number of hydrogen-bond acceptors (Lipinski definition) is 5. The minimum absolute atomic E-state index is 0.00278. The van der Waals surface area contributed by atoms with Gasteiger partial charge >= 0.3 is 0 Å². The molecule has 1 heterocycles. The van der Waals surface area contributed by atoms with Gasteiger partial charge in [-0.3, -0.25) is 4.79 Å². The van der Waals surface area contributed by atoms with Crippen LogP contribution in [0.2, 0.25) is 0 Å². The number of nitrogen functional groups attached to an aromatic ring is 2. The number of benzene rings is 1. The molecule has 0 radical (unpaired) electrons. The topological polar surface area (TPSA) is 93.2 Å². The predicted molar refractivity (Wildman–Crippen MR) is 64.3 cm³/mol. The number of anilines is 2. The fourth-order valence-corrected chi connectivity index (χ4v) is 1.82. The smallest absolute Gasteiger partial charge is 0.183 e. The number of piperazine rings is 1.